The van der Waals surface area contributed by atoms with Crippen LogP contribution in [0.2, 0.25) is 5.02 Å². The van der Waals surface area contributed by atoms with Gasteiger partial charge < -0.3 is 10.1 Å². The smallest absolute Gasteiger partial charge is 0.246 e. The molecular formula is C19H20ClN3O3S. The van der Waals surface area contributed by atoms with Crippen LogP contribution in [0.5, 0.6) is 11.5 Å². The van der Waals surface area contributed by atoms with Gasteiger partial charge in [0.2, 0.25) is 10.0 Å². The molecule has 0 atom stereocenters. The maximum Gasteiger partial charge on any atom is 0.246 e. The standard InChI is InChI=1S/C19H20ClN3O3S/c1-13-7-14(2)9-16(8-13)26-18-11-17(20)15(12-21)10-19(18)27(24,25)23-5-3-22-4-6-23/h7-11,22H,3-6H2,1-2H3. The van der Waals surface area contributed by atoms with Crippen molar-refractivity contribution >= 4 is 21.6 Å². The maximum atomic E-state index is 13.2. The van der Waals surface area contributed by atoms with Crippen molar-refractivity contribution in [2.45, 2.75) is 18.7 Å². The molecule has 3 rings (SSSR count). The zero-order valence-electron chi connectivity index (χ0n) is 15.1. The van der Waals surface area contributed by atoms with Crippen molar-refractivity contribution in [1.29, 1.82) is 5.26 Å². The summed E-state index contributed by atoms with van der Waals surface area (Å²) < 4.78 is 33.7. The highest BCUT2D eigenvalue weighted by Gasteiger charge is 2.30. The van der Waals surface area contributed by atoms with Gasteiger partial charge in [0, 0.05) is 32.2 Å². The summed E-state index contributed by atoms with van der Waals surface area (Å²) in [6.07, 6.45) is 0. The number of hydrogen-bond acceptors (Lipinski definition) is 5. The highest BCUT2D eigenvalue weighted by molar-refractivity contribution is 7.89. The van der Waals surface area contributed by atoms with E-state index in [4.69, 9.17) is 16.3 Å². The van der Waals surface area contributed by atoms with E-state index in [0.29, 0.717) is 31.9 Å². The normalized spacial score (nSPS) is 15.3. The molecule has 0 radical (unpaired) electrons. The molecule has 0 saturated carbocycles. The molecule has 6 nitrogen and oxygen atoms in total. The monoisotopic (exact) mass is 405 g/mol. The molecule has 0 aliphatic carbocycles. The van der Waals surface area contributed by atoms with E-state index in [9.17, 15) is 13.7 Å². The predicted molar refractivity (Wildman–Crippen MR) is 104 cm³/mol. The third-order valence-electron chi connectivity index (χ3n) is 4.27. The first-order valence-electron chi connectivity index (χ1n) is 8.52. The minimum absolute atomic E-state index is 0.0514. The second kappa shape index (κ2) is 7.87. The minimum Gasteiger partial charge on any atom is -0.456 e. The summed E-state index contributed by atoms with van der Waals surface area (Å²) in [4.78, 5) is -0.0514. The van der Waals surface area contributed by atoms with Crippen LogP contribution in [0.15, 0.2) is 35.2 Å². The van der Waals surface area contributed by atoms with Crippen molar-refractivity contribution in [2.75, 3.05) is 26.2 Å². The number of hydrogen-bond donors (Lipinski definition) is 1. The fraction of sp³-hybridized carbons (Fsp3) is 0.316. The molecule has 1 N–H and O–H groups in total. The molecule has 142 valence electrons. The number of sulfonamides is 1. The quantitative estimate of drug-likeness (QED) is 0.844. The average molecular weight is 406 g/mol. The van der Waals surface area contributed by atoms with Gasteiger partial charge in [-0.3, -0.25) is 0 Å². The van der Waals surface area contributed by atoms with Gasteiger partial charge in [0.15, 0.2) is 0 Å². The lowest BCUT2D eigenvalue weighted by atomic mass is 10.1. The van der Waals surface area contributed by atoms with E-state index in [0.717, 1.165) is 11.1 Å². The van der Waals surface area contributed by atoms with Crippen LogP contribution in [-0.4, -0.2) is 38.9 Å². The lowest BCUT2D eigenvalue weighted by Crippen LogP contribution is -2.46. The van der Waals surface area contributed by atoms with Gasteiger partial charge in [-0.15, -0.1) is 0 Å². The van der Waals surface area contributed by atoms with Gasteiger partial charge in [-0.1, -0.05) is 17.7 Å². The minimum atomic E-state index is -3.82. The lowest BCUT2D eigenvalue weighted by Gasteiger charge is -2.27. The van der Waals surface area contributed by atoms with Crippen LogP contribution in [0.25, 0.3) is 0 Å². The van der Waals surface area contributed by atoms with E-state index < -0.39 is 10.0 Å². The van der Waals surface area contributed by atoms with Gasteiger partial charge in [0.05, 0.1) is 10.6 Å². The largest absolute Gasteiger partial charge is 0.456 e. The van der Waals surface area contributed by atoms with Crippen LogP contribution >= 0.6 is 11.6 Å². The topological polar surface area (TPSA) is 82.4 Å². The molecule has 1 saturated heterocycles. The van der Waals surface area contributed by atoms with E-state index in [1.165, 1.54) is 16.4 Å². The SMILES string of the molecule is Cc1cc(C)cc(Oc2cc(Cl)c(C#N)cc2S(=O)(=O)N2CCNCC2)c1. The molecule has 2 aromatic carbocycles. The molecule has 1 heterocycles. The third-order valence-corrected chi connectivity index (χ3v) is 6.50. The van der Waals surface area contributed by atoms with Gasteiger partial charge in [-0.25, -0.2) is 8.42 Å². The van der Waals surface area contributed by atoms with Crippen LogP contribution < -0.4 is 10.1 Å². The highest BCUT2D eigenvalue weighted by Crippen LogP contribution is 2.36. The molecule has 2 aromatic rings. The number of halogens is 1. The Bertz CT molecular complexity index is 989. The zero-order chi connectivity index (χ0) is 19.6. The Labute approximate surface area is 164 Å². The Hall–Kier alpha value is -2.11. The summed E-state index contributed by atoms with van der Waals surface area (Å²) in [6.45, 7) is 5.73. The van der Waals surface area contributed by atoms with Crippen LogP contribution in [0.3, 0.4) is 0 Å². The summed E-state index contributed by atoms with van der Waals surface area (Å²) in [6, 6.07) is 10.3. The molecule has 0 amide bonds. The van der Waals surface area contributed by atoms with Crippen molar-refractivity contribution in [1.82, 2.24) is 9.62 Å². The van der Waals surface area contributed by atoms with Gasteiger partial charge in [-0.05, 0) is 43.2 Å². The fourth-order valence-electron chi connectivity index (χ4n) is 3.04. The first-order chi connectivity index (χ1) is 12.8. The van der Waals surface area contributed by atoms with Crippen molar-refractivity contribution < 1.29 is 13.2 Å². The van der Waals surface area contributed by atoms with E-state index in [1.807, 2.05) is 38.1 Å². The van der Waals surface area contributed by atoms with Gasteiger partial charge in [0.1, 0.15) is 22.5 Å². The average Bonchev–Trinajstić information content (AvgIpc) is 2.61. The van der Waals surface area contributed by atoms with Crippen LogP contribution in [0.4, 0.5) is 0 Å². The molecule has 0 bridgehead atoms. The third kappa shape index (κ3) is 4.25. The molecule has 8 heteroatoms. The first-order valence-corrected chi connectivity index (χ1v) is 10.3. The van der Waals surface area contributed by atoms with Gasteiger partial charge >= 0.3 is 0 Å². The number of nitrogens with zero attached hydrogens (tertiary/aromatic N) is 2. The second-order valence-electron chi connectivity index (χ2n) is 6.47. The van der Waals surface area contributed by atoms with Crippen molar-refractivity contribution in [2.24, 2.45) is 0 Å². The van der Waals surface area contributed by atoms with Crippen LogP contribution in [0, 0.1) is 25.2 Å². The van der Waals surface area contributed by atoms with Gasteiger partial charge in [-0.2, -0.15) is 9.57 Å². The summed E-state index contributed by atoms with van der Waals surface area (Å²) in [5.74, 6) is 0.632. The summed E-state index contributed by atoms with van der Waals surface area (Å²) in [7, 11) is -3.82. The lowest BCUT2D eigenvalue weighted by molar-refractivity contribution is 0.358. The number of rotatable bonds is 4. The first kappa shape index (κ1) is 19.6. The highest BCUT2D eigenvalue weighted by atomic mass is 35.5. The summed E-state index contributed by atoms with van der Waals surface area (Å²) in [5.41, 5.74) is 2.09. The van der Waals surface area contributed by atoms with E-state index >= 15 is 0 Å². The molecule has 0 aromatic heterocycles. The van der Waals surface area contributed by atoms with Crippen molar-refractivity contribution in [3.05, 3.63) is 52.0 Å². The maximum absolute atomic E-state index is 13.2. The Morgan fingerprint density at radius 1 is 1.11 bits per heavy atom. The fourth-order valence-corrected chi connectivity index (χ4v) is 4.80. The Morgan fingerprint density at radius 2 is 1.74 bits per heavy atom. The number of ether oxygens (including phenoxy) is 1. The van der Waals surface area contributed by atoms with E-state index in [-0.39, 0.29) is 21.2 Å². The predicted octanol–water partition coefficient (Wildman–Crippen LogP) is 3.21. The number of nitrogens with one attached hydrogen (secondary N) is 1. The van der Waals surface area contributed by atoms with Crippen LogP contribution in [0.1, 0.15) is 16.7 Å². The van der Waals surface area contributed by atoms with E-state index in [2.05, 4.69) is 5.32 Å². The Kier molecular flexibility index (Phi) is 5.72. The van der Waals surface area contributed by atoms with E-state index in [1.54, 1.807) is 0 Å². The Morgan fingerprint density at radius 3 is 2.33 bits per heavy atom. The molecule has 1 aliphatic heterocycles. The number of nitriles is 1. The molecule has 0 spiro atoms. The summed E-state index contributed by atoms with van der Waals surface area (Å²) in [5, 5.41) is 12.6. The Balaban J connectivity index is 2.10. The molecule has 0 unspecified atom stereocenters. The molecular weight excluding hydrogens is 386 g/mol. The summed E-state index contributed by atoms with van der Waals surface area (Å²) >= 11 is 6.15. The van der Waals surface area contributed by atoms with Crippen molar-refractivity contribution in [3.8, 4) is 17.6 Å². The van der Waals surface area contributed by atoms with Crippen LogP contribution in [-0.2, 0) is 10.0 Å². The molecule has 1 fully saturated rings. The second-order valence-corrected chi connectivity index (χ2v) is 8.78. The number of aryl methyl sites for hydroxylation is 2. The zero-order valence-corrected chi connectivity index (χ0v) is 16.7. The number of benzene rings is 2. The van der Waals surface area contributed by atoms with Gasteiger partial charge in [0.25, 0.3) is 0 Å². The number of piperazine rings is 1. The molecule has 1 aliphatic rings. The van der Waals surface area contributed by atoms with Crippen molar-refractivity contribution in [3.63, 3.8) is 0 Å². The molecule has 27 heavy (non-hydrogen) atoms.